The van der Waals surface area contributed by atoms with Gasteiger partial charge in [-0.2, -0.15) is 0 Å². The Morgan fingerprint density at radius 3 is 2.84 bits per heavy atom. The van der Waals surface area contributed by atoms with Crippen molar-refractivity contribution in [1.29, 1.82) is 0 Å². The Labute approximate surface area is 182 Å². The van der Waals surface area contributed by atoms with Crippen molar-refractivity contribution in [1.82, 2.24) is 19.8 Å². The normalized spacial score (nSPS) is 19.1. The molecule has 31 heavy (non-hydrogen) atoms. The van der Waals surface area contributed by atoms with Gasteiger partial charge < -0.3 is 24.3 Å². The van der Waals surface area contributed by atoms with Crippen LogP contribution in [0, 0.1) is 0 Å². The van der Waals surface area contributed by atoms with Gasteiger partial charge in [0.25, 0.3) is 11.8 Å². The minimum Gasteiger partial charge on any atom is -0.481 e. The fourth-order valence-corrected chi connectivity index (χ4v) is 4.46. The molecule has 1 N–H and O–H groups in total. The number of hydrogen-bond acceptors (Lipinski definition) is 5. The number of rotatable bonds is 6. The number of fused-ring (bicyclic) bond motifs is 1. The first-order chi connectivity index (χ1) is 15.0. The highest BCUT2D eigenvalue weighted by Crippen LogP contribution is 2.26. The molecular weight excluding hydrogens is 396 g/mol. The van der Waals surface area contributed by atoms with E-state index in [9.17, 15) is 9.59 Å². The highest BCUT2D eigenvalue weighted by atomic mass is 16.5. The minimum absolute atomic E-state index is 0.00130. The SMILES string of the molecule is CCC(NC(=O)c1cc(C(=O)N2CCCC2C)n2c1COCC2)c1ccc(OC)nc1. The average molecular weight is 427 g/mol. The van der Waals surface area contributed by atoms with E-state index in [1.165, 1.54) is 0 Å². The maximum Gasteiger partial charge on any atom is 0.270 e. The number of carbonyl (C=O) groups excluding carboxylic acids is 2. The van der Waals surface area contributed by atoms with Crippen LogP contribution in [0.4, 0.5) is 0 Å². The number of hydrogen-bond donors (Lipinski definition) is 1. The number of aromatic nitrogens is 2. The predicted molar refractivity (Wildman–Crippen MR) is 115 cm³/mol. The van der Waals surface area contributed by atoms with Crippen LogP contribution >= 0.6 is 0 Å². The number of likely N-dealkylation sites (tertiary alicyclic amines) is 1. The first kappa shape index (κ1) is 21.4. The van der Waals surface area contributed by atoms with E-state index >= 15 is 0 Å². The number of pyridine rings is 1. The van der Waals surface area contributed by atoms with Crippen LogP contribution in [0.15, 0.2) is 24.4 Å². The molecule has 2 unspecified atom stereocenters. The van der Waals surface area contributed by atoms with Gasteiger partial charge in [0.2, 0.25) is 5.88 Å². The molecule has 8 heteroatoms. The van der Waals surface area contributed by atoms with Crippen molar-refractivity contribution >= 4 is 11.8 Å². The summed E-state index contributed by atoms with van der Waals surface area (Å²) >= 11 is 0. The van der Waals surface area contributed by atoms with Gasteiger partial charge in [-0.25, -0.2) is 4.98 Å². The molecule has 0 aliphatic carbocycles. The van der Waals surface area contributed by atoms with Crippen LogP contribution in [0.3, 0.4) is 0 Å². The van der Waals surface area contributed by atoms with Gasteiger partial charge in [-0.1, -0.05) is 13.0 Å². The maximum absolute atomic E-state index is 13.3. The molecule has 8 nitrogen and oxygen atoms in total. The number of nitrogens with one attached hydrogen (secondary N) is 1. The van der Waals surface area contributed by atoms with Gasteiger partial charge in [0.15, 0.2) is 0 Å². The second-order valence-corrected chi connectivity index (χ2v) is 8.15. The van der Waals surface area contributed by atoms with E-state index in [0.717, 1.165) is 30.6 Å². The Kier molecular flexibility index (Phi) is 6.27. The fourth-order valence-electron chi connectivity index (χ4n) is 4.46. The monoisotopic (exact) mass is 426 g/mol. The summed E-state index contributed by atoms with van der Waals surface area (Å²) in [5.74, 6) is 0.326. The summed E-state index contributed by atoms with van der Waals surface area (Å²) in [6.07, 6.45) is 4.47. The second kappa shape index (κ2) is 9.09. The van der Waals surface area contributed by atoms with Crippen molar-refractivity contribution < 1.29 is 19.1 Å². The Hall–Kier alpha value is -2.87. The molecule has 0 aromatic carbocycles. The van der Waals surface area contributed by atoms with E-state index in [1.807, 2.05) is 22.5 Å². The molecule has 1 fully saturated rings. The molecule has 0 spiro atoms. The van der Waals surface area contributed by atoms with Crippen LogP contribution in [0.2, 0.25) is 0 Å². The van der Waals surface area contributed by atoms with Crippen molar-refractivity contribution in [3.8, 4) is 5.88 Å². The molecule has 2 aliphatic heterocycles. The predicted octanol–water partition coefficient (Wildman–Crippen LogP) is 2.93. The molecule has 0 bridgehead atoms. The molecular formula is C23H30N4O4. The zero-order chi connectivity index (χ0) is 22.0. The van der Waals surface area contributed by atoms with Crippen molar-refractivity contribution in [2.75, 3.05) is 20.3 Å². The number of ether oxygens (including phenoxy) is 2. The van der Waals surface area contributed by atoms with Crippen LogP contribution in [-0.4, -0.2) is 52.6 Å². The van der Waals surface area contributed by atoms with E-state index in [0.29, 0.717) is 43.3 Å². The summed E-state index contributed by atoms with van der Waals surface area (Å²) in [7, 11) is 1.57. The van der Waals surface area contributed by atoms with E-state index in [4.69, 9.17) is 9.47 Å². The molecule has 2 atom stereocenters. The summed E-state index contributed by atoms with van der Waals surface area (Å²) in [5.41, 5.74) is 2.76. The van der Waals surface area contributed by atoms with Gasteiger partial charge in [0.05, 0.1) is 37.6 Å². The Morgan fingerprint density at radius 2 is 2.19 bits per heavy atom. The van der Waals surface area contributed by atoms with Crippen LogP contribution < -0.4 is 10.1 Å². The van der Waals surface area contributed by atoms with Crippen LogP contribution in [0.25, 0.3) is 0 Å². The van der Waals surface area contributed by atoms with Gasteiger partial charge in [-0.05, 0) is 37.8 Å². The first-order valence-corrected chi connectivity index (χ1v) is 10.9. The van der Waals surface area contributed by atoms with Gasteiger partial charge in [-0.15, -0.1) is 0 Å². The van der Waals surface area contributed by atoms with Crippen molar-refractivity contribution in [3.63, 3.8) is 0 Å². The lowest BCUT2D eigenvalue weighted by atomic mass is 10.1. The number of nitrogens with zero attached hydrogens (tertiary/aromatic N) is 3. The third-order valence-electron chi connectivity index (χ3n) is 6.27. The highest BCUT2D eigenvalue weighted by molar-refractivity contribution is 6.01. The minimum atomic E-state index is -0.203. The Morgan fingerprint density at radius 1 is 1.35 bits per heavy atom. The van der Waals surface area contributed by atoms with E-state index < -0.39 is 0 Å². The number of carbonyl (C=O) groups is 2. The molecule has 0 saturated carbocycles. The molecule has 2 aromatic heterocycles. The summed E-state index contributed by atoms with van der Waals surface area (Å²) in [5, 5.41) is 3.10. The summed E-state index contributed by atoms with van der Waals surface area (Å²) in [6.45, 7) is 6.29. The smallest absolute Gasteiger partial charge is 0.270 e. The molecule has 2 aliphatic rings. The topological polar surface area (TPSA) is 85.7 Å². The average Bonchev–Trinajstić information content (AvgIpc) is 3.41. The highest BCUT2D eigenvalue weighted by Gasteiger charge is 2.32. The first-order valence-electron chi connectivity index (χ1n) is 10.9. The molecule has 1 saturated heterocycles. The van der Waals surface area contributed by atoms with Gasteiger partial charge in [-0.3, -0.25) is 9.59 Å². The molecule has 4 heterocycles. The third kappa shape index (κ3) is 4.17. The molecule has 2 amide bonds. The molecule has 4 rings (SSSR count). The Bertz CT molecular complexity index is 953. The summed E-state index contributed by atoms with van der Waals surface area (Å²) < 4.78 is 12.7. The molecule has 2 aromatic rings. The van der Waals surface area contributed by atoms with E-state index in [-0.39, 0.29) is 23.9 Å². The number of methoxy groups -OCH3 is 1. The summed E-state index contributed by atoms with van der Waals surface area (Å²) in [4.78, 5) is 32.7. The van der Waals surface area contributed by atoms with Gasteiger partial charge in [0, 0.05) is 31.4 Å². The quantitative estimate of drug-likeness (QED) is 0.768. The number of amides is 2. The Balaban J connectivity index is 1.60. The lowest BCUT2D eigenvalue weighted by molar-refractivity contribution is 0.0683. The lowest BCUT2D eigenvalue weighted by Gasteiger charge is -2.24. The van der Waals surface area contributed by atoms with Crippen molar-refractivity contribution in [2.24, 2.45) is 0 Å². The standard InChI is InChI=1S/C23H30N4O4/c1-4-18(16-7-8-21(30-3)24-13-16)25-22(28)17-12-19(27-10-11-31-14-20(17)27)23(29)26-9-5-6-15(26)2/h7-8,12-13,15,18H,4-6,9-11,14H2,1-3H3,(H,25,28). The van der Waals surface area contributed by atoms with Crippen LogP contribution in [0.5, 0.6) is 5.88 Å². The summed E-state index contributed by atoms with van der Waals surface area (Å²) in [6, 6.07) is 5.46. The molecule has 166 valence electrons. The van der Waals surface area contributed by atoms with Crippen molar-refractivity contribution in [3.05, 3.63) is 46.9 Å². The van der Waals surface area contributed by atoms with Crippen LogP contribution in [-0.2, 0) is 17.9 Å². The van der Waals surface area contributed by atoms with E-state index in [2.05, 4.69) is 17.2 Å². The van der Waals surface area contributed by atoms with Gasteiger partial charge in [0.1, 0.15) is 5.69 Å². The second-order valence-electron chi connectivity index (χ2n) is 8.15. The zero-order valence-electron chi connectivity index (χ0n) is 18.4. The largest absolute Gasteiger partial charge is 0.481 e. The lowest BCUT2D eigenvalue weighted by Crippen LogP contribution is -2.35. The maximum atomic E-state index is 13.3. The third-order valence-corrected chi connectivity index (χ3v) is 6.27. The van der Waals surface area contributed by atoms with Gasteiger partial charge >= 0.3 is 0 Å². The van der Waals surface area contributed by atoms with Crippen molar-refractivity contribution in [2.45, 2.75) is 58.3 Å². The molecule has 0 radical (unpaired) electrons. The zero-order valence-corrected chi connectivity index (χ0v) is 18.4. The fraction of sp³-hybridized carbons (Fsp3) is 0.522. The van der Waals surface area contributed by atoms with Crippen LogP contribution in [0.1, 0.15) is 71.3 Å². The van der Waals surface area contributed by atoms with E-state index in [1.54, 1.807) is 25.4 Å².